The number of hydrogen-bond donors (Lipinski definition) is 1. The number of rotatable bonds is 4. The van der Waals surface area contributed by atoms with Crippen LogP contribution in [-0.4, -0.2) is 57.7 Å². The van der Waals surface area contributed by atoms with E-state index in [9.17, 15) is 5.11 Å². The van der Waals surface area contributed by atoms with Gasteiger partial charge in [0, 0.05) is 25.3 Å². The van der Waals surface area contributed by atoms with Crippen molar-refractivity contribution >= 4 is 0 Å². The fourth-order valence-corrected chi connectivity index (χ4v) is 3.87. The summed E-state index contributed by atoms with van der Waals surface area (Å²) in [4.78, 5) is 2.38. The molecule has 1 aromatic rings. The molecule has 22 heavy (non-hydrogen) atoms. The van der Waals surface area contributed by atoms with Gasteiger partial charge in [0.15, 0.2) is 0 Å². The molecule has 0 bridgehead atoms. The molecule has 1 unspecified atom stereocenters. The quantitative estimate of drug-likeness (QED) is 0.923. The summed E-state index contributed by atoms with van der Waals surface area (Å²) < 4.78 is 7.95. The normalized spacial score (nSPS) is 26.2. The first kappa shape index (κ1) is 16.0. The summed E-state index contributed by atoms with van der Waals surface area (Å²) in [5, 5.41) is 15.3. The Morgan fingerprint density at radius 2 is 2.09 bits per heavy atom. The van der Waals surface area contributed by atoms with Crippen LogP contribution in [0.15, 0.2) is 6.07 Å². The van der Waals surface area contributed by atoms with Gasteiger partial charge in [0.05, 0.1) is 30.6 Å². The summed E-state index contributed by atoms with van der Waals surface area (Å²) in [6.07, 6.45) is 5.66. The molecular weight excluding hydrogens is 278 g/mol. The Morgan fingerprint density at radius 3 is 2.77 bits per heavy atom. The van der Waals surface area contributed by atoms with Gasteiger partial charge < -0.3 is 9.84 Å². The van der Waals surface area contributed by atoms with E-state index in [0.29, 0.717) is 0 Å². The minimum atomic E-state index is -0.474. The first-order chi connectivity index (χ1) is 10.5. The third-order valence-electron chi connectivity index (χ3n) is 5.01. The van der Waals surface area contributed by atoms with Gasteiger partial charge in [-0.3, -0.25) is 9.58 Å². The Bertz CT molecular complexity index is 494. The second kappa shape index (κ2) is 6.69. The Kier molecular flexibility index (Phi) is 4.85. The van der Waals surface area contributed by atoms with Gasteiger partial charge in [-0.05, 0) is 32.8 Å². The molecule has 1 aliphatic carbocycles. The van der Waals surface area contributed by atoms with Crippen molar-refractivity contribution in [3.05, 3.63) is 17.5 Å². The molecule has 2 fully saturated rings. The molecule has 3 rings (SSSR count). The summed E-state index contributed by atoms with van der Waals surface area (Å²) in [6.45, 7) is 8.27. The number of aromatic nitrogens is 2. The molecule has 1 N–H and O–H groups in total. The second-order valence-electron chi connectivity index (χ2n) is 7.12. The minimum absolute atomic E-state index is 0.166. The van der Waals surface area contributed by atoms with Crippen molar-refractivity contribution in [2.24, 2.45) is 0 Å². The minimum Gasteiger partial charge on any atom is -0.389 e. The molecule has 0 aromatic carbocycles. The van der Waals surface area contributed by atoms with E-state index in [2.05, 4.69) is 23.0 Å². The van der Waals surface area contributed by atoms with Gasteiger partial charge in [-0.2, -0.15) is 5.10 Å². The van der Waals surface area contributed by atoms with E-state index in [-0.39, 0.29) is 6.10 Å². The standard InChI is InChI=1S/C17H29N3O2/c1-14-10-15(2)20(18-14)12-16-11-19(8-9-22-16)13-17(21)6-4-3-5-7-17/h10,16,21H,3-9,11-13H2,1-2H3. The van der Waals surface area contributed by atoms with Gasteiger partial charge in [0.2, 0.25) is 0 Å². The summed E-state index contributed by atoms with van der Waals surface area (Å²) >= 11 is 0. The maximum Gasteiger partial charge on any atom is 0.0898 e. The van der Waals surface area contributed by atoms with E-state index in [1.54, 1.807) is 0 Å². The van der Waals surface area contributed by atoms with Crippen LogP contribution >= 0.6 is 0 Å². The monoisotopic (exact) mass is 307 g/mol. The highest BCUT2D eigenvalue weighted by atomic mass is 16.5. The van der Waals surface area contributed by atoms with Crippen molar-refractivity contribution < 1.29 is 9.84 Å². The third-order valence-corrected chi connectivity index (χ3v) is 5.01. The molecule has 1 aliphatic heterocycles. The van der Waals surface area contributed by atoms with Gasteiger partial charge in [-0.25, -0.2) is 0 Å². The zero-order valence-electron chi connectivity index (χ0n) is 13.9. The lowest BCUT2D eigenvalue weighted by Gasteiger charge is -2.40. The van der Waals surface area contributed by atoms with Crippen LogP contribution in [0.4, 0.5) is 0 Å². The maximum absolute atomic E-state index is 10.7. The topological polar surface area (TPSA) is 50.5 Å². The van der Waals surface area contributed by atoms with Crippen LogP contribution in [0, 0.1) is 13.8 Å². The molecule has 2 aliphatic rings. The zero-order valence-corrected chi connectivity index (χ0v) is 13.9. The summed E-state index contributed by atoms with van der Waals surface area (Å²) in [5.41, 5.74) is 1.77. The number of morpholine rings is 1. The Morgan fingerprint density at radius 1 is 1.32 bits per heavy atom. The summed E-state index contributed by atoms with van der Waals surface area (Å²) in [6, 6.07) is 2.10. The van der Waals surface area contributed by atoms with Crippen LogP contribution < -0.4 is 0 Å². The molecular formula is C17H29N3O2. The van der Waals surface area contributed by atoms with Crippen molar-refractivity contribution in [1.82, 2.24) is 14.7 Å². The zero-order chi connectivity index (χ0) is 15.6. The fourth-order valence-electron chi connectivity index (χ4n) is 3.87. The number of hydrogen-bond acceptors (Lipinski definition) is 4. The molecule has 0 spiro atoms. The van der Waals surface area contributed by atoms with E-state index in [4.69, 9.17) is 4.74 Å². The molecule has 5 heteroatoms. The lowest BCUT2D eigenvalue weighted by Crippen LogP contribution is -2.51. The van der Waals surface area contributed by atoms with E-state index < -0.39 is 5.60 Å². The van der Waals surface area contributed by atoms with Gasteiger partial charge in [-0.15, -0.1) is 0 Å². The molecule has 5 nitrogen and oxygen atoms in total. The summed E-state index contributed by atoms with van der Waals surface area (Å²) in [7, 11) is 0. The Balaban J connectivity index is 1.56. The first-order valence-electron chi connectivity index (χ1n) is 8.61. The molecule has 1 saturated carbocycles. The second-order valence-corrected chi connectivity index (χ2v) is 7.12. The predicted octanol–water partition coefficient (Wildman–Crippen LogP) is 1.90. The van der Waals surface area contributed by atoms with Crippen molar-refractivity contribution in [2.75, 3.05) is 26.2 Å². The van der Waals surface area contributed by atoms with E-state index in [0.717, 1.165) is 64.2 Å². The van der Waals surface area contributed by atoms with E-state index in [1.807, 2.05) is 11.6 Å². The van der Waals surface area contributed by atoms with Crippen molar-refractivity contribution in [3.8, 4) is 0 Å². The van der Waals surface area contributed by atoms with Crippen molar-refractivity contribution in [1.29, 1.82) is 0 Å². The molecule has 124 valence electrons. The average molecular weight is 307 g/mol. The summed E-state index contributed by atoms with van der Waals surface area (Å²) in [5.74, 6) is 0. The smallest absolute Gasteiger partial charge is 0.0898 e. The molecule has 1 saturated heterocycles. The number of β-amino-alcohol motifs (C(OH)–C–C–N with tert-alkyl or cyclic N) is 1. The molecule has 2 heterocycles. The van der Waals surface area contributed by atoms with Gasteiger partial charge in [0.1, 0.15) is 0 Å². The third kappa shape index (κ3) is 3.89. The van der Waals surface area contributed by atoms with E-state index in [1.165, 1.54) is 12.1 Å². The highest BCUT2D eigenvalue weighted by Gasteiger charge is 2.33. The van der Waals surface area contributed by atoms with Crippen LogP contribution in [0.1, 0.15) is 43.5 Å². The predicted molar refractivity (Wildman–Crippen MR) is 85.9 cm³/mol. The SMILES string of the molecule is Cc1cc(C)n(CC2CN(CC3(O)CCCCC3)CCO2)n1. The van der Waals surface area contributed by atoms with Gasteiger partial charge >= 0.3 is 0 Å². The van der Waals surface area contributed by atoms with Crippen molar-refractivity contribution in [2.45, 2.75) is 64.2 Å². The van der Waals surface area contributed by atoms with Crippen LogP contribution in [0.2, 0.25) is 0 Å². The highest BCUT2D eigenvalue weighted by Crippen LogP contribution is 2.29. The number of aryl methyl sites for hydroxylation is 2. The fraction of sp³-hybridized carbons (Fsp3) is 0.824. The highest BCUT2D eigenvalue weighted by molar-refractivity contribution is 5.06. The van der Waals surface area contributed by atoms with Crippen LogP contribution in [-0.2, 0) is 11.3 Å². The molecule has 0 radical (unpaired) electrons. The van der Waals surface area contributed by atoms with E-state index >= 15 is 0 Å². The largest absolute Gasteiger partial charge is 0.389 e. The number of aliphatic hydroxyl groups is 1. The molecule has 1 aromatic heterocycles. The maximum atomic E-state index is 10.7. The Labute approximate surface area is 133 Å². The average Bonchev–Trinajstić information content (AvgIpc) is 2.77. The van der Waals surface area contributed by atoms with Gasteiger partial charge in [-0.1, -0.05) is 19.3 Å². The molecule has 1 atom stereocenters. The lowest BCUT2D eigenvalue weighted by atomic mass is 9.84. The van der Waals surface area contributed by atoms with Crippen LogP contribution in [0.5, 0.6) is 0 Å². The van der Waals surface area contributed by atoms with Crippen LogP contribution in [0.25, 0.3) is 0 Å². The lowest BCUT2D eigenvalue weighted by molar-refractivity contribution is -0.0797. The first-order valence-corrected chi connectivity index (χ1v) is 8.61. The Hall–Kier alpha value is -0.910. The van der Waals surface area contributed by atoms with Crippen molar-refractivity contribution in [3.63, 3.8) is 0 Å². The number of nitrogens with zero attached hydrogens (tertiary/aromatic N) is 3. The molecule has 0 amide bonds. The number of ether oxygens (including phenoxy) is 1. The van der Waals surface area contributed by atoms with Crippen LogP contribution in [0.3, 0.4) is 0 Å². The van der Waals surface area contributed by atoms with Gasteiger partial charge in [0.25, 0.3) is 0 Å².